The number of aromatic nitrogens is 1. The summed E-state index contributed by atoms with van der Waals surface area (Å²) in [7, 11) is 0. The Morgan fingerprint density at radius 1 is 1.37 bits per heavy atom. The van der Waals surface area contributed by atoms with Crippen molar-refractivity contribution in [3.05, 3.63) is 42.7 Å². The van der Waals surface area contributed by atoms with Crippen LogP contribution >= 0.6 is 0 Å². The van der Waals surface area contributed by atoms with Crippen LogP contribution in [-0.4, -0.2) is 34.9 Å². The lowest BCUT2D eigenvalue weighted by Crippen LogP contribution is -2.50. The average Bonchev–Trinajstić information content (AvgIpc) is 2.43. The van der Waals surface area contributed by atoms with Gasteiger partial charge in [-0.05, 0) is 6.42 Å². The van der Waals surface area contributed by atoms with E-state index in [9.17, 15) is 15.0 Å². The van der Waals surface area contributed by atoms with Gasteiger partial charge in [0.1, 0.15) is 0 Å². The Labute approximate surface area is 113 Å². The number of hydrogen-bond donors (Lipinski definition) is 3. The number of rotatable bonds is 7. The monoisotopic (exact) mass is 265 g/mol. The first-order valence-corrected chi connectivity index (χ1v) is 6.36. The summed E-state index contributed by atoms with van der Waals surface area (Å²) in [4.78, 5) is 11.8. The molecule has 3 N–H and O–H groups in total. The first-order chi connectivity index (χ1) is 9.17. The van der Waals surface area contributed by atoms with E-state index in [1.807, 2.05) is 25.1 Å². The van der Waals surface area contributed by atoms with Gasteiger partial charge < -0.3 is 15.5 Å². The molecule has 1 heterocycles. The molecule has 0 aromatic carbocycles. The largest absolute Gasteiger partial charge is 0.394 e. The molecule has 0 fully saturated rings. The molecule has 0 aliphatic carbocycles. The first-order valence-electron chi connectivity index (χ1n) is 6.36. The first kappa shape index (κ1) is 15.3. The molecule has 2 unspecified atom stereocenters. The van der Waals surface area contributed by atoms with Gasteiger partial charge in [0, 0.05) is 12.1 Å². The SMILES string of the molecule is CC/C=C/C(O)C(CO)NC(=O)C[n+]1ccccc1. The van der Waals surface area contributed by atoms with Crippen LogP contribution in [0.25, 0.3) is 0 Å². The number of amides is 1. The molecule has 0 radical (unpaired) electrons. The van der Waals surface area contributed by atoms with Gasteiger partial charge in [-0.3, -0.25) is 4.79 Å². The second-order valence-corrected chi connectivity index (χ2v) is 4.23. The van der Waals surface area contributed by atoms with Crippen molar-refractivity contribution in [1.29, 1.82) is 0 Å². The minimum absolute atomic E-state index is 0.154. The van der Waals surface area contributed by atoms with Gasteiger partial charge in [-0.15, -0.1) is 0 Å². The van der Waals surface area contributed by atoms with E-state index in [2.05, 4.69) is 5.32 Å². The van der Waals surface area contributed by atoms with Crippen molar-refractivity contribution in [2.45, 2.75) is 32.0 Å². The summed E-state index contributed by atoms with van der Waals surface area (Å²) in [5, 5.41) is 21.6. The second-order valence-electron chi connectivity index (χ2n) is 4.23. The molecule has 5 heteroatoms. The van der Waals surface area contributed by atoms with Gasteiger partial charge in [-0.25, -0.2) is 0 Å². The Hall–Kier alpha value is -1.72. The van der Waals surface area contributed by atoms with Crippen LogP contribution in [0.4, 0.5) is 0 Å². The van der Waals surface area contributed by atoms with E-state index >= 15 is 0 Å². The van der Waals surface area contributed by atoms with Gasteiger partial charge in [0.2, 0.25) is 6.54 Å². The fourth-order valence-corrected chi connectivity index (χ4v) is 1.61. The summed E-state index contributed by atoms with van der Waals surface area (Å²) in [5.74, 6) is -0.251. The Kier molecular flexibility index (Phi) is 6.78. The molecule has 104 valence electrons. The normalized spacial score (nSPS) is 14.3. The molecule has 0 saturated carbocycles. The van der Waals surface area contributed by atoms with Gasteiger partial charge in [0.15, 0.2) is 12.4 Å². The van der Waals surface area contributed by atoms with Gasteiger partial charge in [0.25, 0.3) is 5.91 Å². The fraction of sp³-hybridized carbons (Fsp3) is 0.429. The van der Waals surface area contributed by atoms with Crippen LogP contribution in [0.15, 0.2) is 42.7 Å². The summed E-state index contributed by atoms with van der Waals surface area (Å²) >= 11 is 0. The van der Waals surface area contributed by atoms with Crippen molar-refractivity contribution < 1.29 is 19.6 Å². The molecule has 0 spiro atoms. The number of pyridine rings is 1. The Morgan fingerprint density at radius 3 is 2.63 bits per heavy atom. The molecule has 1 aromatic rings. The Morgan fingerprint density at radius 2 is 2.05 bits per heavy atom. The molecule has 1 amide bonds. The van der Waals surface area contributed by atoms with E-state index in [4.69, 9.17) is 0 Å². The molecule has 0 aliphatic heterocycles. The van der Waals surface area contributed by atoms with Crippen LogP contribution < -0.4 is 9.88 Å². The summed E-state index contributed by atoms with van der Waals surface area (Å²) in [6.45, 7) is 1.80. The maximum atomic E-state index is 11.8. The number of aliphatic hydroxyl groups excluding tert-OH is 2. The van der Waals surface area contributed by atoms with E-state index in [1.165, 1.54) is 0 Å². The molecule has 1 rings (SSSR count). The number of carbonyl (C=O) groups is 1. The zero-order valence-corrected chi connectivity index (χ0v) is 11.1. The predicted molar refractivity (Wildman–Crippen MR) is 71.1 cm³/mol. The number of nitrogens with one attached hydrogen (secondary N) is 1. The van der Waals surface area contributed by atoms with E-state index in [1.54, 1.807) is 29.1 Å². The van der Waals surface area contributed by atoms with E-state index in [-0.39, 0.29) is 19.1 Å². The standard InChI is InChI=1S/C14H20N2O3/c1-2-3-7-13(18)12(11-17)15-14(19)10-16-8-5-4-6-9-16/h3-9,12-13,17-18H,2,10-11H2,1H3/p+1/b7-3+. The minimum atomic E-state index is -0.880. The quantitative estimate of drug-likeness (QED) is 0.471. The molecule has 0 saturated heterocycles. The number of carbonyl (C=O) groups excluding carboxylic acids is 1. The number of allylic oxidation sites excluding steroid dienone is 1. The summed E-state index contributed by atoms with van der Waals surface area (Å²) in [6, 6.07) is 4.84. The van der Waals surface area contributed by atoms with Crippen LogP contribution in [0, 0.1) is 0 Å². The molecule has 2 atom stereocenters. The lowest BCUT2D eigenvalue weighted by Gasteiger charge is -2.18. The third-order valence-corrected chi connectivity index (χ3v) is 2.63. The predicted octanol–water partition coefficient (Wildman–Crippen LogP) is -0.222. The van der Waals surface area contributed by atoms with Gasteiger partial charge in [-0.2, -0.15) is 4.57 Å². The van der Waals surface area contributed by atoms with Crippen molar-refractivity contribution in [2.75, 3.05) is 6.61 Å². The molecule has 5 nitrogen and oxygen atoms in total. The van der Waals surface area contributed by atoms with Crippen molar-refractivity contribution in [3.8, 4) is 0 Å². The number of hydrogen-bond acceptors (Lipinski definition) is 3. The summed E-state index contributed by atoms with van der Waals surface area (Å²) in [5.41, 5.74) is 0. The van der Waals surface area contributed by atoms with Crippen LogP contribution in [0.3, 0.4) is 0 Å². The van der Waals surface area contributed by atoms with Gasteiger partial charge in [0.05, 0.1) is 18.8 Å². The number of nitrogens with zero attached hydrogens (tertiary/aromatic N) is 1. The lowest BCUT2D eigenvalue weighted by atomic mass is 10.1. The Balaban J connectivity index is 2.51. The maximum absolute atomic E-state index is 11.8. The van der Waals surface area contributed by atoms with E-state index < -0.39 is 12.1 Å². The molecular weight excluding hydrogens is 244 g/mol. The Bertz CT molecular complexity index is 406. The topological polar surface area (TPSA) is 73.4 Å². The minimum Gasteiger partial charge on any atom is -0.394 e. The third kappa shape index (κ3) is 5.63. The van der Waals surface area contributed by atoms with Crippen LogP contribution in [0.2, 0.25) is 0 Å². The summed E-state index contributed by atoms with van der Waals surface area (Å²) in [6.07, 6.45) is 6.85. The lowest BCUT2D eigenvalue weighted by molar-refractivity contribution is -0.684. The summed E-state index contributed by atoms with van der Waals surface area (Å²) < 4.78 is 1.72. The van der Waals surface area contributed by atoms with Crippen LogP contribution in [0.5, 0.6) is 0 Å². The van der Waals surface area contributed by atoms with E-state index in [0.717, 1.165) is 6.42 Å². The van der Waals surface area contributed by atoms with E-state index in [0.29, 0.717) is 0 Å². The molecular formula is C14H21N2O3+. The van der Waals surface area contributed by atoms with Crippen molar-refractivity contribution in [3.63, 3.8) is 0 Å². The molecule has 0 bridgehead atoms. The smallest absolute Gasteiger partial charge is 0.286 e. The maximum Gasteiger partial charge on any atom is 0.286 e. The zero-order valence-electron chi connectivity index (χ0n) is 11.1. The second kappa shape index (κ2) is 8.39. The van der Waals surface area contributed by atoms with Crippen molar-refractivity contribution in [2.24, 2.45) is 0 Å². The van der Waals surface area contributed by atoms with Gasteiger partial charge in [-0.1, -0.05) is 25.1 Å². The highest BCUT2D eigenvalue weighted by molar-refractivity contribution is 5.74. The van der Waals surface area contributed by atoms with Gasteiger partial charge >= 0.3 is 0 Å². The molecule has 0 aliphatic rings. The number of aliphatic hydroxyl groups is 2. The highest BCUT2D eigenvalue weighted by Crippen LogP contribution is 1.96. The van der Waals surface area contributed by atoms with Crippen LogP contribution in [-0.2, 0) is 11.3 Å². The molecule has 19 heavy (non-hydrogen) atoms. The third-order valence-electron chi connectivity index (χ3n) is 2.63. The zero-order chi connectivity index (χ0) is 14.1. The average molecular weight is 265 g/mol. The molecule has 1 aromatic heterocycles. The van der Waals surface area contributed by atoms with Crippen LogP contribution in [0.1, 0.15) is 13.3 Å². The fourth-order valence-electron chi connectivity index (χ4n) is 1.61. The highest BCUT2D eigenvalue weighted by atomic mass is 16.3. The van der Waals surface area contributed by atoms with Crippen molar-refractivity contribution >= 4 is 5.91 Å². The highest BCUT2D eigenvalue weighted by Gasteiger charge is 2.19. The van der Waals surface area contributed by atoms with Crippen molar-refractivity contribution in [1.82, 2.24) is 5.32 Å².